The lowest BCUT2D eigenvalue weighted by Crippen LogP contribution is -2.28. The van der Waals surface area contributed by atoms with Gasteiger partial charge in [0.1, 0.15) is 0 Å². The number of primary amides is 1. The first-order valence-corrected chi connectivity index (χ1v) is 6.43. The standard InChI is InChI=1S/C13H14ClN3O3/c1-7(18)16-9-2-3-10(14)11(5-9)17-6-8(13(15)20)4-12(17)19/h2-3,5,8H,4,6H2,1H3,(H2,15,20)(H,16,18). The number of halogens is 1. The second kappa shape index (κ2) is 5.50. The molecule has 106 valence electrons. The molecule has 1 atom stereocenters. The quantitative estimate of drug-likeness (QED) is 0.875. The molecule has 3 N–H and O–H groups in total. The van der Waals surface area contributed by atoms with Crippen molar-refractivity contribution >= 4 is 40.7 Å². The second-order valence-corrected chi connectivity index (χ2v) is 5.06. The molecule has 0 bridgehead atoms. The minimum absolute atomic E-state index is 0.0794. The van der Waals surface area contributed by atoms with Crippen molar-refractivity contribution in [3.8, 4) is 0 Å². The number of nitrogens with one attached hydrogen (secondary N) is 1. The van der Waals surface area contributed by atoms with Crippen molar-refractivity contribution in [1.82, 2.24) is 0 Å². The average molecular weight is 296 g/mol. The van der Waals surface area contributed by atoms with Gasteiger partial charge in [-0.1, -0.05) is 11.6 Å². The Bertz CT molecular complexity index is 588. The van der Waals surface area contributed by atoms with Gasteiger partial charge in [0.15, 0.2) is 0 Å². The molecule has 2 rings (SSSR count). The fraction of sp³-hybridized carbons (Fsp3) is 0.308. The van der Waals surface area contributed by atoms with Crippen LogP contribution in [0.25, 0.3) is 0 Å². The number of benzene rings is 1. The Labute approximate surface area is 120 Å². The molecule has 0 aliphatic carbocycles. The third-order valence-electron chi connectivity index (χ3n) is 3.08. The molecule has 1 unspecified atom stereocenters. The number of anilines is 2. The van der Waals surface area contributed by atoms with E-state index in [1.165, 1.54) is 11.8 Å². The van der Waals surface area contributed by atoms with E-state index in [-0.39, 0.29) is 24.8 Å². The molecule has 0 radical (unpaired) electrons. The number of nitrogens with two attached hydrogens (primary N) is 1. The zero-order valence-electron chi connectivity index (χ0n) is 10.9. The van der Waals surface area contributed by atoms with Gasteiger partial charge in [0.25, 0.3) is 0 Å². The first-order valence-electron chi connectivity index (χ1n) is 6.05. The molecule has 1 aromatic rings. The van der Waals surface area contributed by atoms with Crippen molar-refractivity contribution in [1.29, 1.82) is 0 Å². The van der Waals surface area contributed by atoms with Crippen LogP contribution in [0, 0.1) is 5.92 Å². The van der Waals surface area contributed by atoms with E-state index in [0.717, 1.165) is 0 Å². The van der Waals surface area contributed by atoms with E-state index >= 15 is 0 Å². The summed E-state index contributed by atoms with van der Waals surface area (Å²) in [5, 5.41) is 2.99. The van der Waals surface area contributed by atoms with Crippen LogP contribution in [0.4, 0.5) is 11.4 Å². The number of carbonyl (C=O) groups is 3. The maximum atomic E-state index is 11.9. The van der Waals surface area contributed by atoms with Crippen LogP contribution in [0.2, 0.25) is 5.02 Å². The SMILES string of the molecule is CC(=O)Nc1ccc(Cl)c(N2CC(C(N)=O)CC2=O)c1. The van der Waals surface area contributed by atoms with Gasteiger partial charge in [-0.25, -0.2) is 0 Å². The van der Waals surface area contributed by atoms with Crippen LogP contribution in [0.1, 0.15) is 13.3 Å². The molecule has 1 aliphatic heterocycles. The maximum Gasteiger partial charge on any atom is 0.227 e. The van der Waals surface area contributed by atoms with Crippen LogP contribution in [-0.4, -0.2) is 24.3 Å². The Morgan fingerprint density at radius 3 is 2.70 bits per heavy atom. The first-order chi connectivity index (χ1) is 9.38. The number of nitrogens with zero attached hydrogens (tertiary/aromatic N) is 1. The Morgan fingerprint density at radius 1 is 1.45 bits per heavy atom. The molecule has 0 saturated carbocycles. The summed E-state index contributed by atoms with van der Waals surface area (Å²) in [6.45, 7) is 1.59. The van der Waals surface area contributed by atoms with E-state index in [1.54, 1.807) is 18.2 Å². The van der Waals surface area contributed by atoms with E-state index in [9.17, 15) is 14.4 Å². The van der Waals surface area contributed by atoms with Gasteiger partial charge in [-0.05, 0) is 18.2 Å². The van der Waals surface area contributed by atoms with Gasteiger partial charge in [-0.2, -0.15) is 0 Å². The molecule has 1 fully saturated rings. The monoisotopic (exact) mass is 295 g/mol. The summed E-state index contributed by atoms with van der Waals surface area (Å²) in [5.41, 5.74) is 6.23. The van der Waals surface area contributed by atoms with Gasteiger partial charge < -0.3 is 16.0 Å². The molecule has 0 spiro atoms. The summed E-state index contributed by atoms with van der Waals surface area (Å²) >= 11 is 6.08. The van der Waals surface area contributed by atoms with E-state index in [1.807, 2.05) is 0 Å². The van der Waals surface area contributed by atoms with Crippen LogP contribution in [0.3, 0.4) is 0 Å². The molecule has 0 aromatic heterocycles. The van der Waals surface area contributed by atoms with Crippen LogP contribution >= 0.6 is 11.6 Å². The predicted octanol–water partition coefficient (Wildman–Crippen LogP) is 1.14. The highest BCUT2D eigenvalue weighted by molar-refractivity contribution is 6.34. The minimum Gasteiger partial charge on any atom is -0.369 e. The third kappa shape index (κ3) is 2.91. The lowest BCUT2D eigenvalue weighted by Gasteiger charge is -2.19. The molecule has 6 nitrogen and oxygen atoms in total. The van der Waals surface area contributed by atoms with E-state index in [4.69, 9.17) is 17.3 Å². The van der Waals surface area contributed by atoms with Crippen molar-refractivity contribution in [2.75, 3.05) is 16.8 Å². The van der Waals surface area contributed by atoms with Gasteiger partial charge in [-0.3, -0.25) is 14.4 Å². The molecular weight excluding hydrogens is 282 g/mol. The van der Waals surface area contributed by atoms with Gasteiger partial charge in [0, 0.05) is 25.6 Å². The summed E-state index contributed by atoms with van der Waals surface area (Å²) in [6.07, 6.45) is 0.0794. The lowest BCUT2D eigenvalue weighted by molar-refractivity contribution is -0.123. The summed E-state index contributed by atoms with van der Waals surface area (Å²) in [6, 6.07) is 4.83. The maximum absolute atomic E-state index is 11.9. The van der Waals surface area contributed by atoms with Crippen LogP contribution in [0.5, 0.6) is 0 Å². The number of rotatable bonds is 3. The zero-order valence-corrected chi connectivity index (χ0v) is 11.6. The fourth-order valence-corrected chi connectivity index (χ4v) is 2.35. The van der Waals surface area contributed by atoms with Gasteiger partial charge in [-0.15, -0.1) is 0 Å². The van der Waals surface area contributed by atoms with E-state index < -0.39 is 11.8 Å². The normalized spacial score (nSPS) is 18.2. The molecule has 1 aromatic carbocycles. The predicted molar refractivity (Wildman–Crippen MR) is 75.4 cm³/mol. The largest absolute Gasteiger partial charge is 0.369 e. The fourth-order valence-electron chi connectivity index (χ4n) is 2.13. The van der Waals surface area contributed by atoms with Gasteiger partial charge in [0.2, 0.25) is 17.7 Å². The lowest BCUT2D eigenvalue weighted by atomic mass is 10.1. The number of hydrogen-bond donors (Lipinski definition) is 2. The van der Waals surface area contributed by atoms with E-state index in [0.29, 0.717) is 16.4 Å². The minimum atomic E-state index is -0.511. The van der Waals surface area contributed by atoms with Gasteiger partial charge >= 0.3 is 0 Å². The number of hydrogen-bond acceptors (Lipinski definition) is 3. The summed E-state index contributed by atoms with van der Waals surface area (Å²) in [4.78, 5) is 35.6. The van der Waals surface area contributed by atoms with Crippen molar-refractivity contribution in [3.63, 3.8) is 0 Å². The van der Waals surface area contributed by atoms with Crippen LogP contribution in [-0.2, 0) is 14.4 Å². The molecule has 1 saturated heterocycles. The molecule has 20 heavy (non-hydrogen) atoms. The summed E-state index contributed by atoms with van der Waals surface area (Å²) in [5.74, 6) is -1.45. The van der Waals surface area contributed by atoms with E-state index in [2.05, 4.69) is 5.32 Å². The number of amides is 3. The van der Waals surface area contributed by atoms with Crippen LogP contribution in [0.15, 0.2) is 18.2 Å². The highest BCUT2D eigenvalue weighted by atomic mass is 35.5. The van der Waals surface area contributed by atoms with Crippen molar-refractivity contribution in [3.05, 3.63) is 23.2 Å². The Kier molecular flexibility index (Phi) is 3.94. The number of carbonyl (C=O) groups excluding carboxylic acids is 3. The summed E-state index contributed by atoms with van der Waals surface area (Å²) in [7, 11) is 0. The Balaban J connectivity index is 2.30. The smallest absolute Gasteiger partial charge is 0.227 e. The average Bonchev–Trinajstić information content (AvgIpc) is 2.73. The Hall–Kier alpha value is -2.08. The van der Waals surface area contributed by atoms with Crippen LogP contribution < -0.4 is 16.0 Å². The highest BCUT2D eigenvalue weighted by Gasteiger charge is 2.34. The second-order valence-electron chi connectivity index (χ2n) is 4.66. The summed E-state index contributed by atoms with van der Waals surface area (Å²) < 4.78 is 0. The third-order valence-corrected chi connectivity index (χ3v) is 3.40. The zero-order chi connectivity index (χ0) is 14.9. The topological polar surface area (TPSA) is 92.5 Å². The van der Waals surface area contributed by atoms with Crippen molar-refractivity contribution in [2.45, 2.75) is 13.3 Å². The molecule has 3 amide bonds. The van der Waals surface area contributed by atoms with Crippen molar-refractivity contribution < 1.29 is 14.4 Å². The first kappa shape index (κ1) is 14.3. The molecule has 1 heterocycles. The Morgan fingerprint density at radius 2 is 2.15 bits per heavy atom. The molecule has 1 aliphatic rings. The highest BCUT2D eigenvalue weighted by Crippen LogP contribution is 2.33. The molecular formula is C13H14ClN3O3. The van der Waals surface area contributed by atoms with Gasteiger partial charge in [0.05, 0.1) is 16.6 Å². The molecule has 7 heteroatoms. The van der Waals surface area contributed by atoms with Crippen molar-refractivity contribution in [2.24, 2.45) is 11.7 Å².